The zero-order valence-corrected chi connectivity index (χ0v) is 15.6. The molecule has 3 rings (SSSR count). The molecule has 1 fully saturated rings. The first kappa shape index (κ1) is 19.0. The van der Waals surface area contributed by atoms with E-state index in [2.05, 4.69) is 27.3 Å². The van der Waals surface area contributed by atoms with E-state index in [0.29, 0.717) is 23.6 Å². The highest BCUT2D eigenvalue weighted by Gasteiger charge is 2.24. The van der Waals surface area contributed by atoms with Crippen molar-refractivity contribution in [3.05, 3.63) is 47.7 Å². The highest BCUT2D eigenvalue weighted by molar-refractivity contribution is 5.45. The number of hydrogen-bond donors (Lipinski definition) is 1. The van der Waals surface area contributed by atoms with E-state index in [1.54, 1.807) is 26.5 Å². The highest BCUT2D eigenvalue weighted by Crippen LogP contribution is 2.32. The Balaban J connectivity index is 1.81. The average molecular weight is 368 g/mol. The lowest BCUT2D eigenvalue weighted by Crippen LogP contribution is -2.41. The van der Waals surface area contributed by atoms with Crippen molar-refractivity contribution < 1.29 is 14.2 Å². The second-order valence-corrected chi connectivity index (χ2v) is 6.20. The van der Waals surface area contributed by atoms with Gasteiger partial charge in [0.1, 0.15) is 11.9 Å². The maximum absolute atomic E-state index is 8.91. The zero-order chi connectivity index (χ0) is 19.1. The second-order valence-electron chi connectivity index (χ2n) is 6.20. The zero-order valence-electron chi connectivity index (χ0n) is 15.6. The molecule has 0 unspecified atom stereocenters. The Bertz CT molecular complexity index is 783. The summed E-state index contributed by atoms with van der Waals surface area (Å²) in [5.74, 6) is 2.17. The van der Waals surface area contributed by atoms with E-state index >= 15 is 0 Å². The van der Waals surface area contributed by atoms with Crippen LogP contribution in [0.25, 0.3) is 0 Å². The number of aromatic nitrogens is 1. The molecule has 1 aliphatic rings. The van der Waals surface area contributed by atoms with Gasteiger partial charge < -0.3 is 19.5 Å². The summed E-state index contributed by atoms with van der Waals surface area (Å²) in [6.07, 6.45) is 1.57. The first-order valence-corrected chi connectivity index (χ1v) is 8.89. The molecule has 27 heavy (non-hydrogen) atoms. The van der Waals surface area contributed by atoms with Crippen LogP contribution in [0.15, 0.2) is 36.5 Å². The molecule has 0 amide bonds. The Hall–Kier alpha value is -2.82. The Labute approximate surface area is 159 Å². The molecule has 0 aliphatic carbocycles. The number of rotatable bonds is 7. The summed E-state index contributed by atoms with van der Waals surface area (Å²) in [6.45, 7) is 3.84. The van der Waals surface area contributed by atoms with Crippen LogP contribution in [0, 0.1) is 11.3 Å². The number of hydrogen-bond acceptors (Lipinski definition) is 7. The third-order valence-electron chi connectivity index (χ3n) is 4.65. The molecule has 0 radical (unpaired) electrons. The molecule has 7 nitrogen and oxygen atoms in total. The van der Waals surface area contributed by atoms with Gasteiger partial charge in [0.05, 0.1) is 39.0 Å². The molecule has 0 saturated carbocycles. The lowest BCUT2D eigenvalue weighted by molar-refractivity contribution is 0.0186. The fraction of sp³-hybridized carbons (Fsp3) is 0.400. The SMILES string of the molecule is COc1ccc([C@H](CNc2ccc(C#N)cn2)N2CCOCC2)cc1OC. The summed E-state index contributed by atoms with van der Waals surface area (Å²) in [5, 5.41) is 12.3. The predicted molar refractivity (Wildman–Crippen MR) is 102 cm³/mol. The van der Waals surface area contributed by atoms with Gasteiger partial charge >= 0.3 is 0 Å². The molecule has 1 aromatic carbocycles. The molecule has 1 N–H and O–H groups in total. The van der Waals surface area contributed by atoms with E-state index in [4.69, 9.17) is 19.5 Å². The topological polar surface area (TPSA) is 79.6 Å². The number of methoxy groups -OCH3 is 2. The largest absolute Gasteiger partial charge is 0.493 e. The summed E-state index contributed by atoms with van der Waals surface area (Å²) in [7, 11) is 3.28. The molecule has 0 bridgehead atoms. The van der Waals surface area contributed by atoms with E-state index < -0.39 is 0 Å². The van der Waals surface area contributed by atoms with Gasteiger partial charge in [-0.05, 0) is 29.8 Å². The lowest BCUT2D eigenvalue weighted by atomic mass is 10.0. The van der Waals surface area contributed by atoms with Crippen molar-refractivity contribution in [2.75, 3.05) is 52.4 Å². The number of benzene rings is 1. The molecular formula is C20H24N4O3. The van der Waals surface area contributed by atoms with Crippen molar-refractivity contribution in [1.82, 2.24) is 9.88 Å². The van der Waals surface area contributed by atoms with Crippen LogP contribution in [-0.2, 0) is 4.74 Å². The van der Waals surface area contributed by atoms with Gasteiger partial charge in [0.15, 0.2) is 11.5 Å². The molecule has 1 saturated heterocycles. The third kappa shape index (κ3) is 4.67. The predicted octanol–water partition coefficient (Wildman–Crippen LogP) is 2.46. The Morgan fingerprint density at radius 1 is 1.19 bits per heavy atom. The van der Waals surface area contributed by atoms with Crippen LogP contribution in [0.3, 0.4) is 0 Å². The Kier molecular flexibility index (Phi) is 6.47. The Morgan fingerprint density at radius 3 is 2.59 bits per heavy atom. The molecule has 7 heteroatoms. The number of pyridine rings is 1. The molecule has 1 aromatic heterocycles. The minimum atomic E-state index is 0.131. The minimum absolute atomic E-state index is 0.131. The number of nitriles is 1. The molecule has 0 spiro atoms. The summed E-state index contributed by atoms with van der Waals surface area (Å²) in [4.78, 5) is 6.69. The van der Waals surface area contributed by atoms with Crippen LogP contribution in [0.2, 0.25) is 0 Å². The quantitative estimate of drug-likeness (QED) is 0.804. The fourth-order valence-corrected chi connectivity index (χ4v) is 3.17. The van der Waals surface area contributed by atoms with Crippen molar-refractivity contribution >= 4 is 5.82 Å². The van der Waals surface area contributed by atoms with Crippen molar-refractivity contribution in [1.29, 1.82) is 5.26 Å². The van der Waals surface area contributed by atoms with Gasteiger partial charge in [-0.2, -0.15) is 5.26 Å². The van der Waals surface area contributed by atoms with Crippen molar-refractivity contribution in [3.8, 4) is 17.6 Å². The molecule has 142 valence electrons. The van der Waals surface area contributed by atoms with E-state index in [9.17, 15) is 0 Å². The van der Waals surface area contributed by atoms with Gasteiger partial charge in [0, 0.05) is 25.8 Å². The summed E-state index contributed by atoms with van der Waals surface area (Å²) in [5.41, 5.74) is 1.68. The summed E-state index contributed by atoms with van der Waals surface area (Å²) < 4.78 is 16.3. The van der Waals surface area contributed by atoms with E-state index in [0.717, 1.165) is 37.7 Å². The smallest absolute Gasteiger partial charge is 0.161 e. The first-order valence-electron chi connectivity index (χ1n) is 8.89. The maximum atomic E-state index is 8.91. The van der Waals surface area contributed by atoms with Gasteiger partial charge in [-0.3, -0.25) is 4.90 Å². The molecular weight excluding hydrogens is 344 g/mol. The van der Waals surface area contributed by atoms with E-state index in [-0.39, 0.29) is 6.04 Å². The molecule has 2 heterocycles. The third-order valence-corrected chi connectivity index (χ3v) is 4.65. The highest BCUT2D eigenvalue weighted by atomic mass is 16.5. The number of ether oxygens (including phenoxy) is 3. The van der Waals surface area contributed by atoms with Crippen LogP contribution >= 0.6 is 0 Å². The van der Waals surface area contributed by atoms with Crippen molar-refractivity contribution in [2.45, 2.75) is 6.04 Å². The van der Waals surface area contributed by atoms with Gasteiger partial charge in [0.25, 0.3) is 0 Å². The van der Waals surface area contributed by atoms with E-state index in [1.807, 2.05) is 18.2 Å². The fourth-order valence-electron chi connectivity index (χ4n) is 3.17. The normalized spacial score (nSPS) is 15.6. The maximum Gasteiger partial charge on any atom is 0.161 e. The van der Waals surface area contributed by atoms with Crippen molar-refractivity contribution in [2.24, 2.45) is 0 Å². The van der Waals surface area contributed by atoms with Crippen LogP contribution in [-0.4, -0.2) is 57.0 Å². The van der Waals surface area contributed by atoms with Gasteiger partial charge in [0.2, 0.25) is 0 Å². The lowest BCUT2D eigenvalue weighted by Gasteiger charge is -2.35. The van der Waals surface area contributed by atoms with Crippen LogP contribution in [0.4, 0.5) is 5.82 Å². The summed E-state index contributed by atoms with van der Waals surface area (Å²) in [6, 6.07) is 11.8. The van der Waals surface area contributed by atoms with Crippen LogP contribution < -0.4 is 14.8 Å². The van der Waals surface area contributed by atoms with Crippen molar-refractivity contribution in [3.63, 3.8) is 0 Å². The molecule has 2 aromatic rings. The van der Waals surface area contributed by atoms with Crippen LogP contribution in [0.1, 0.15) is 17.2 Å². The molecule has 1 atom stereocenters. The van der Waals surface area contributed by atoms with Crippen LogP contribution in [0.5, 0.6) is 11.5 Å². The van der Waals surface area contributed by atoms with Gasteiger partial charge in [-0.25, -0.2) is 4.98 Å². The second kappa shape index (κ2) is 9.21. The monoisotopic (exact) mass is 368 g/mol. The standard InChI is InChI=1S/C20H24N4O3/c1-25-18-5-4-16(11-19(18)26-2)17(24-7-9-27-10-8-24)14-23-20-6-3-15(12-21)13-22-20/h3-6,11,13,17H,7-10,14H2,1-2H3,(H,22,23)/t17-/m0/s1. The minimum Gasteiger partial charge on any atom is -0.493 e. The molecule has 1 aliphatic heterocycles. The van der Waals surface area contributed by atoms with Gasteiger partial charge in [-0.1, -0.05) is 6.07 Å². The Morgan fingerprint density at radius 2 is 1.96 bits per heavy atom. The number of nitrogens with zero attached hydrogens (tertiary/aromatic N) is 3. The number of nitrogens with one attached hydrogen (secondary N) is 1. The van der Waals surface area contributed by atoms with Gasteiger partial charge in [-0.15, -0.1) is 0 Å². The van der Waals surface area contributed by atoms with E-state index in [1.165, 1.54) is 0 Å². The average Bonchev–Trinajstić information content (AvgIpc) is 2.75. The summed E-state index contributed by atoms with van der Waals surface area (Å²) >= 11 is 0. The first-order chi connectivity index (χ1) is 13.2. The number of morpholine rings is 1. The number of anilines is 1.